The van der Waals surface area contributed by atoms with Crippen LogP contribution < -0.4 is 9.62 Å². The third-order valence-corrected chi connectivity index (χ3v) is 10.0. The van der Waals surface area contributed by atoms with E-state index in [1.54, 1.807) is 12.1 Å². The summed E-state index contributed by atoms with van der Waals surface area (Å²) in [5.41, 5.74) is 4.97. The third-order valence-electron chi connectivity index (χ3n) is 8.00. The summed E-state index contributed by atoms with van der Waals surface area (Å²) < 4.78 is 29.5. The fourth-order valence-corrected chi connectivity index (χ4v) is 6.74. The van der Waals surface area contributed by atoms with Crippen LogP contribution in [0.15, 0.2) is 102 Å². The van der Waals surface area contributed by atoms with E-state index in [0.29, 0.717) is 17.3 Å². The Labute approximate surface area is 278 Å². The second-order valence-electron chi connectivity index (χ2n) is 11.6. The molecular formula is C37H42ClN3O4S. The quantitative estimate of drug-likeness (QED) is 0.148. The predicted octanol–water partition coefficient (Wildman–Crippen LogP) is 7.02. The van der Waals surface area contributed by atoms with Crippen molar-refractivity contribution in [3.63, 3.8) is 0 Å². The maximum Gasteiger partial charge on any atom is 0.264 e. The van der Waals surface area contributed by atoms with Crippen molar-refractivity contribution in [3.8, 4) is 0 Å². The van der Waals surface area contributed by atoms with Crippen LogP contribution in [0.1, 0.15) is 47.6 Å². The minimum absolute atomic E-state index is 0.00584. The van der Waals surface area contributed by atoms with Gasteiger partial charge in [-0.05, 0) is 85.8 Å². The molecule has 9 heteroatoms. The van der Waals surface area contributed by atoms with Gasteiger partial charge in [0, 0.05) is 24.5 Å². The van der Waals surface area contributed by atoms with Crippen molar-refractivity contribution in [2.75, 3.05) is 17.4 Å². The number of carbonyl (C=O) groups is 2. The van der Waals surface area contributed by atoms with Crippen LogP contribution in [-0.2, 0) is 32.6 Å². The zero-order valence-corrected chi connectivity index (χ0v) is 28.4. The molecule has 0 aliphatic carbocycles. The lowest BCUT2D eigenvalue weighted by Gasteiger charge is -2.34. The summed E-state index contributed by atoms with van der Waals surface area (Å²) in [6, 6.07) is 27.6. The van der Waals surface area contributed by atoms with E-state index in [4.69, 9.17) is 11.6 Å². The van der Waals surface area contributed by atoms with Crippen LogP contribution in [0.5, 0.6) is 0 Å². The first-order valence-electron chi connectivity index (χ1n) is 15.5. The monoisotopic (exact) mass is 659 g/mol. The molecule has 0 aliphatic heterocycles. The number of unbranched alkanes of at least 4 members (excludes halogenated alkanes) is 1. The SMILES string of the molecule is CCCCNC(=O)C(Cc1ccccc1)N(Cc1cccc(C)c1)C(=O)CN(c1ccc(C)c(C)c1)S(=O)(=O)c1ccc(Cl)cc1. The van der Waals surface area contributed by atoms with Crippen LogP contribution in [0.2, 0.25) is 5.02 Å². The van der Waals surface area contributed by atoms with E-state index >= 15 is 0 Å². The van der Waals surface area contributed by atoms with Crippen molar-refractivity contribution in [2.45, 2.75) is 64.4 Å². The molecule has 242 valence electrons. The Balaban J connectivity index is 1.81. The molecule has 0 aromatic heterocycles. The summed E-state index contributed by atoms with van der Waals surface area (Å²) in [6.45, 7) is 7.95. The maximum atomic E-state index is 14.6. The van der Waals surface area contributed by atoms with Crippen molar-refractivity contribution in [3.05, 3.63) is 130 Å². The number of carbonyl (C=O) groups excluding carboxylic acids is 2. The lowest BCUT2D eigenvalue weighted by atomic mass is 10.0. The van der Waals surface area contributed by atoms with Gasteiger partial charge >= 0.3 is 0 Å². The molecule has 4 aromatic carbocycles. The number of anilines is 1. The van der Waals surface area contributed by atoms with E-state index < -0.39 is 28.5 Å². The molecule has 0 heterocycles. The average Bonchev–Trinajstić information content (AvgIpc) is 3.03. The normalized spacial score (nSPS) is 11.9. The van der Waals surface area contributed by atoms with Gasteiger partial charge in [-0.3, -0.25) is 13.9 Å². The van der Waals surface area contributed by atoms with Crippen LogP contribution in [0.3, 0.4) is 0 Å². The molecule has 0 aliphatic rings. The van der Waals surface area contributed by atoms with Gasteiger partial charge in [-0.15, -0.1) is 0 Å². The topological polar surface area (TPSA) is 86.8 Å². The van der Waals surface area contributed by atoms with Gasteiger partial charge in [-0.25, -0.2) is 8.42 Å². The Morgan fingerprint density at radius 1 is 0.826 bits per heavy atom. The first-order chi connectivity index (χ1) is 22.0. The number of nitrogens with one attached hydrogen (secondary N) is 1. The molecule has 4 rings (SSSR count). The number of aryl methyl sites for hydroxylation is 3. The van der Waals surface area contributed by atoms with Crippen LogP contribution in [0.25, 0.3) is 0 Å². The van der Waals surface area contributed by atoms with Crippen molar-refractivity contribution in [2.24, 2.45) is 0 Å². The Kier molecular flexibility index (Phi) is 12.0. The number of hydrogen-bond donors (Lipinski definition) is 1. The molecule has 0 saturated heterocycles. The van der Waals surface area contributed by atoms with Gasteiger partial charge in [0.2, 0.25) is 11.8 Å². The molecule has 46 heavy (non-hydrogen) atoms. The maximum absolute atomic E-state index is 14.6. The molecule has 0 bridgehead atoms. The average molecular weight is 660 g/mol. The van der Waals surface area contributed by atoms with Crippen molar-refractivity contribution < 1.29 is 18.0 Å². The highest BCUT2D eigenvalue weighted by Crippen LogP contribution is 2.27. The third kappa shape index (κ3) is 8.98. The molecule has 1 atom stereocenters. The van der Waals surface area contributed by atoms with Crippen LogP contribution in [0, 0.1) is 20.8 Å². The molecule has 4 aromatic rings. The summed E-state index contributed by atoms with van der Waals surface area (Å²) in [7, 11) is -4.20. The number of halogens is 1. The van der Waals surface area contributed by atoms with Gasteiger partial charge in [0.1, 0.15) is 12.6 Å². The number of sulfonamides is 1. The molecule has 0 saturated carbocycles. The molecule has 1 unspecified atom stereocenters. The molecule has 0 spiro atoms. The Morgan fingerprint density at radius 2 is 1.52 bits per heavy atom. The van der Waals surface area contributed by atoms with Crippen molar-refractivity contribution in [1.82, 2.24) is 10.2 Å². The number of amides is 2. The molecule has 7 nitrogen and oxygen atoms in total. The fraction of sp³-hybridized carbons (Fsp3) is 0.297. The highest BCUT2D eigenvalue weighted by Gasteiger charge is 2.34. The van der Waals surface area contributed by atoms with Gasteiger partial charge in [-0.2, -0.15) is 0 Å². The number of rotatable bonds is 14. The van der Waals surface area contributed by atoms with E-state index in [-0.39, 0.29) is 23.8 Å². The van der Waals surface area contributed by atoms with Gasteiger partial charge < -0.3 is 10.2 Å². The van der Waals surface area contributed by atoms with E-state index in [0.717, 1.165) is 45.0 Å². The summed E-state index contributed by atoms with van der Waals surface area (Å²) >= 11 is 6.08. The molecule has 0 radical (unpaired) electrons. The first kappa shape index (κ1) is 34.7. The van der Waals surface area contributed by atoms with Crippen LogP contribution in [-0.4, -0.2) is 44.3 Å². The molecular weight excluding hydrogens is 618 g/mol. The molecule has 2 amide bonds. The van der Waals surface area contributed by atoms with E-state index in [1.165, 1.54) is 29.2 Å². The summed E-state index contributed by atoms with van der Waals surface area (Å²) in [5.74, 6) is -0.777. The highest BCUT2D eigenvalue weighted by atomic mass is 35.5. The zero-order valence-electron chi connectivity index (χ0n) is 26.9. The summed E-state index contributed by atoms with van der Waals surface area (Å²) in [5, 5.41) is 3.42. The van der Waals surface area contributed by atoms with Gasteiger partial charge in [0.05, 0.1) is 10.6 Å². The Morgan fingerprint density at radius 3 is 2.17 bits per heavy atom. The minimum atomic E-state index is -4.20. The Bertz CT molecular complexity index is 1740. The summed E-state index contributed by atoms with van der Waals surface area (Å²) in [4.78, 5) is 30.0. The highest BCUT2D eigenvalue weighted by molar-refractivity contribution is 7.92. The van der Waals surface area contributed by atoms with E-state index in [1.807, 2.05) is 88.4 Å². The standard InChI is InChI=1S/C37H42ClN3O4S/c1-5-6-21-39-37(43)35(24-30-12-8-7-9-13-30)40(25-31-14-10-11-27(2)22-31)36(42)26-41(33-18-15-28(3)29(4)23-33)46(44,45)34-19-16-32(38)17-20-34/h7-20,22-23,35H,5-6,21,24-26H2,1-4H3,(H,39,43). The van der Waals surface area contributed by atoms with Crippen molar-refractivity contribution >= 4 is 39.1 Å². The lowest BCUT2D eigenvalue weighted by molar-refractivity contribution is -0.140. The summed E-state index contributed by atoms with van der Waals surface area (Å²) in [6.07, 6.45) is 1.97. The molecule has 1 N–H and O–H groups in total. The second-order valence-corrected chi connectivity index (χ2v) is 13.9. The van der Waals surface area contributed by atoms with E-state index in [2.05, 4.69) is 5.32 Å². The van der Waals surface area contributed by atoms with Gasteiger partial charge in [0.15, 0.2) is 0 Å². The number of nitrogens with zero attached hydrogens (tertiary/aromatic N) is 2. The van der Waals surface area contributed by atoms with E-state index in [9.17, 15) is 18.0 Å². The minimum Gasteiger partial charge on any atom is -0.354 e. The largest absolute Gasteiger partial charge is 0.354 e. The second kappa shape index (κ2) is 15.9. The number of benzene rings is 4. The predicted molar refractivity (Wildman–Crippen MR) is 185 cm³/mol. The van der Waals surface area contributed by atoms with Crippen LogP contribution in [0.4, 0.5) is 5.69 Å². The smallest absolute Gasteiger partial charge is 0.264 e. The zero-order chi connectivity index (χ0) is 33.3. The fourth-order valence-electron chi connectivity index (χ4n) is 5.21. The number of hydrogen-bond acceptors (Lipinski definition) is 4. The van der Waals surface area contributed by atoms with Gasteiger partial charge in [-0.1, -0.05) is 91.2 Å². The van der Waals surface area contributed by atoms with Gasteiger partial charge in [0.25, 0.3) is 10.0 Å². The van der Waals surface area contributed by atoms with Crippen molar-refractivity contribution in [1.29, 1.82) is 0 Å². The van der Waals surface area contributed by atoms with Crippen LogP contribution >= 0.6 is 11.6 Å². The molecule has 0 fully saturated rings. The lowest BCUT2D eigenvalue weighted by Crippen LogP contribution is -2.53. The first-order valence-corrected chi connectivity index (χ1v) is 17.3. The Hall–Kier alpha value is -4.14.